The quantitative estimate of drug-likeness (QED) is 0.167. The fourth-order valence-electron chi connectivity index (χ4n) is 4.34. The van der Waals surface area contributed by atoms with Gasteiger partial charge in [-0.25, -0.2) is 4.39 Å². The largest absolute Gasteiger partial charge is 0.389 e. The Morgan fingerprint density at radius 3 is 1.88 bits per heavy atom. The van der Waals surface area contributed by atoms with E-state index < -0.39 is 98.4 Å². The highest BCUT2D eigenvalue weighted by molar-refractivity contribution is 5.01. The van der Waals surface area contributed by atoms with E-state index in [1.54, 1.807) is 0 Å². The second-order valence-electron chi connectivity index (χ2n) is 8.76. The fourth-order valence-corrected chi connectivity index (χ4v) is 4.34. The van der Waals surface area contributed by atoms with Gasteiger partial charge in [0.2, 0.25) is 0 Å². The van der Waals surface area contributed by atoms with Crippen molar-refractivity contribution in [3.05, 3.63) is 0 Å². The molecule has 3 fully saturated rings. The minimum Gasteiger partial charge on any atom is -0.389 e. The van der Waals surface area contributed by atoms with Gasteiger partial charge < -0.3 is 72.5 Å². The molecule has 1 saturated carbocycles. The first-order valence-corrected chi connectivity index (χ1v) is 10.7. The van der Waals surface area contributed by atoms with Crippen molar-refractivity contribution in [2.75, 3.05) is 13.2 Å². The summed E-state index contributed by atoms with van der Waals surface area (Å²) < 4.78 is 35.5. The lowest BCUT2D eigenvalue weighted by molar-refractivity contribution is -0.340. The number of halogens is 1. The molecular weight excluding hydrogens is 451 g/mol. The van der Waals surface area contributed by atoms with Crippen molar-refractivity contribution in [1.29, 1.82) is 0 Å². The Bertz CT molecular complexity index is 639. The molecule has 3 aliphatic rings. The lowest BCUT2D eigenvalue weighted by Crippen LogP contribution is -2.69. The molecule has 0 bridgehead atoms. The highest BCUT2D eigenvalue weighted by atomic mass is 19.1. The third kappa shape index (κ3) is 5.31. The minimum atomic E-state index is -1.79. The maximum atomic E-state index is 13.2. The van der Waals surface area contributed by atoms with Gasteiger partial charge in [-0.3, -0.25) is 0 Å². The van der Waals surface area contributed by atoms with Crippen LogP contribution in [0.3, 0.4) is 0 Å². The molecule has 0 spiro atoms. The van der Waals surface area contributed by atoms with E-state index in [9.17, 15) is 35.0 Å². The summed E-state index contributed by atoms with van der Waals surface area (Å²) >= 11 is 0. The van der Waals surface area contributed by atoms with Crippen LogP contribution in [0.25, 0.3) is 0 Å². The lowest BCUT2D eigenvalue weighted by atomic mass is 9.84. The zero-order valence-corrected chi connectivity index (χ0v) is 17.8. The zero-order valence-electron chi connectivity index (χ0n) is 17.8. The average Bonchev–Trinajstić information content (AvgIpc) is 2.79. The van der Waals surface area contributed by atoms with Crippen molar-refractivity contribution in [2.45, 2.75) is 98.2 Å². The van der Waals surface area contributed by atoms with Gasteiger partial charge in [0.1, 0.15) is 61.6 Å². The summed E-state index contributed by atoms with van der Waals surface area (Å²) in [6.45, 7) is -1.33. The van der Waals surface area contributed by atoms with E-state index in [-0.39, 0.29) is 13.0 Å². The Morgan fingerprint density at radius 1 is 0.697 bits per heavy atom. The molecule has 0 aromatic heterocycles. The summed E-state index contributed by atoms with van der Waals surface area (Å²) in [5.41, 5.74) is 23.6. The number of rotatable bonds is 6. The van der Waals surface area contributed by atoms with Gasteiger partial charge in [-0.15, -0.1) is 0 Å². The predicted molar refractivity (Wildman–Crippen MR) is 107 cm³/mol. The summed E-state index contributed by atoms with van der Waals surface area (Å²) in [6.07, 6.45) is -17.4. The number of hydrogen-bond acceptors (Lipinski definition) is 14. The summed E-state index contributed by atoms with van der Waals surface area (Å²) in [6, 6.07) is -2.94. The van der Waals surface area contributed by atoms with Crippen molar-refractivity contribution < 1.29 is 54.0 Å². The second kappa shape index (κ2) is 11.0. The smallest absolute Gasteiger partial charge is 0.187 e. The Labute approximate surface area is 189 Å². The number of alkyl halides is 1. The molecule has 0 aromatic rings. The molecule has 0 amide bonds. The molecule has 0 radical (unpaired) electrons. The molecule has 14 nitrogen and oxygen atoms in total. The number of aliphatic hydroxyl groups excluding tert-OH is 6. The summed E-state index contributed by atoms with van der Waals surface area (Å²) in [4.78, 5) is 0. The van der Waals surface area contributed by atoms with E-state index in [0.717, 1.165) is 0 Å². The minimum absolute atomic E-state index is 0.0850. The van der Waals surface area contributed by atoms with Crippen LogP contribution in [0, 0.1) is 0 Å². The molecule has 0 aromatic carbocycles. The molecule has 2 saturated heterocycles. The van der Waals surface area contributed by atoms with Gasteiger partial charge in [-0.1, -0.05) is 0 Å². The third-order valence-electron chi connectivity index (χ3n) is 6.45. The van der Waals surface area contributed by atoms with Crippen LogP contribution in [-0.2, 0) is 18.9 Å². The van der Waals surface area contributed by atoms with Crippen molar-refractivity contribution in [3.8, 4) is 0 Å². The molecule has 0 unspecified atom stereocenters. The maximum absolute atomic E-state index is 13.2. The topological polar surface area (TPSA) is 262 Å². The van der Waals surface area contributed by atoms with E-state index in [1.807, 2.05) is 0 Å². The highest BCUT2D eigenvalue weighted by Crippen LogP contribution is 2.31. The standard InChI is InChI=1S/C18H35FN4O10/c19-2-6-10(25)13(28)14(29)18(30-6)33-16-9(24)4(21)1-5(22)15(16)32-17-8(23)12(27)11(26)7(3-20)31-17/h4-18,24-29H,1-3,20-23H2/t4-,5+,6-,7-,8-,9+,10-,11-,12-,13+,14-,15-,16-,17-,18+/m1/s1. The molecule has 15 atom stereocenters. The van der Waals surface area contributed by atoms with E-state index in [2.05, 4.69) is 0 Å². The van der Waals surface area contributed by atoms with E-state index in [4.69, 9.17) is 41.9 Å². The van der Waals surface area contributed by atoms with Crippen LogP contribution in [0.5, 0.6) is 0 Å². The number of ether oxygens (including phenoxy) is 4. The monoisotopic (exact) mass is 486 g/mol. The maximum Gasteiger partial charge on any atom is 0.187 e. The fraction of sp³-hybridized carbons (Fsp3) is 1.00. The number of nitrogens with two attached hydrogens (primary N) is 4. The molecule has 194 valence electrons. The third-order valence-corrected chi connectivity index (χ3v) is 6.45. The van der Waals surface area contributed by atoms with Gasteiger partial charge in [-0.2, -0.15) is 0 Å². The van der Waals surface area contributed by atoms with Crippen LogP contribution in [0.2, 0.25) is 0 Å². The average molecular weight is 486 g/mol. The van der Waals surface area contributed by atoms with E-state index in [1.165, 1.54) is 0 Å². The first kappa shape index (κ1) is 27.0. The van der Waals surface area contributed by atoms with Crippen molar-refractivity contribution in [3.63, 3.8) is 0 Å². The normalized spacial score (nSPS) is 53.7. The number of aliphatic hydroxyl groups is 6. The molecule has 3 rings (SSSR count). The summed E-state index contributed by atoms with van der Waals surface area (Å²) in [7, 11) is 0. The summed E-state index contributed by atoms with van der Waals surface area (Å²) in [5, 5.41) is 61.0. The molecule has 2 heterocycles. The van der Waals surface area contributed by atoms with Crippen molar-refractivity contribution in [1.82, 2.24) is 0 Å². The summed E-state index contributed by atoms with van der Waals surface area (Å²) in [5.74, 6) is 0. The van der Waals surface area contributed by atoms with Gasteiger partial charge in [0.15, 0.2) is 12.6 Å². The molecule has 1 aliphatic carbocycles. The van der Waals surface area contributed by atoms with Crippen LogP contribution in [-0.4, -0.2) is 136 Å². The predicted octanol–water partition coefficient (Wildman–Crippen LogP) is -6.31. The van der Waals surface area contributed by atoms with E-state index in [0.29, 0.717) is 0 Å². The van der Waals surface area contributed by atoms with Gasteiger partial charge in [0, 0.05) is 18.6 Å². The zero-order chi connectivity index (χ0) is 24.6. The van der Waals surface area contributed by atoms with Gasteiger partial charge in [0.05, 0.1) is 12.1 Å². The van der Waals surface area contributed by atoms with Gasteiger partial charge >= 0.3 is 0 Å². The molecular formula is C18H35FN4O10. The second-order valence-corrected chi connectivity index (χ2v) is 8.76. The molecule has 33 heavy (non-hydrogen) atoms. The van der Waals surface area contributed by atoms with Gasteiger partial charge in [-0.05, 0) is 6.42 Å². The van der Waals surface area contributed by atoms with Crippen LogP contribution in [0.4, 0.5) is 4.39 Å². The molecule has 2 aliphatic heterocycles. The van der Waals surface area contributed by atoms with Crippen molar-refractivity contribution in [2.24, 2.45) is 22.9 Å². The highest BCUT2D eigenvalue weighted by Gasteiger charge is 2.52. The molecule has 14 N–H and O–H groups in total. The lowest BCUT2D eigenvalue weighted by Gasteiger charge is -2.48. The Kier molecular flexibility index (Phi) is 8.96. The van der Waals surface area contributed by atoms with Crippen LogP contribution >= 0.6 is 0 Å². The van der Waals surface area contributed by atoms with Gasteiger partial charge in [0.25, 0.3) is 0 Å². The van der Waals surface area contributed by atoms with Crippen LogP contribution < -0.4 is 22.9 Å². The van der Waals surface area contributed by atoms with E-state index >= 15 is 0 Å². The SMILES string of the molecule is NC[C@H]1O[C@H](O[C@H]2[C@H](O[C@@H]3O[C@H](CF)[C@@H](O)[C@H](O)[C@H]3O)[C@@H](O)[C@H](N)C[C@@H]2N)[C@H](N)[C@@H](O)[C@@H]1O. The van der Waals surface area contributed by atoms with Crippen LogP contribution in [0.15, 0.2) is 0 Å². The Morgan fingerprint density at radius 2 is 1.27 bits per heavy atom. The van der Waals surface area contributed by atoms with Crippen molar-refractivity contribution >= 4 is 0 Å². The number of hydrogen-bond donors (Lipinski definition) is 10. The first-order valence-electron chi connectivity index (χ1n) is 10.7. The first-order chi connectivity index (χ1) is 15.5. The Hall–Kier alpha value is -0.630. The van der Waals surface area contributed by atoms with Crippen LogP contribution in [0.1, 0.15) is 6.42 Å². The Balaban J connectivity index is 1.80. The molecule has 15 heteroatoms.